The molecular weight excluding hydrogens is 546 g/mol. The van der Waals surface area contributed by atoms with Crippen LogP contribution in [0.4, 0.5) is 5.69 Å². The Hall–Kier alpha value is -4.43. The van der Waals surface area contributed by atoms with Gasteiger partial charge in [-0.05, 0) is 53.8 Å². The molecule has 0 fully saturated rings. The maximum absolute atomic E-state index is 14.4. The lowest BCUT2D eigenvalue weighted by Gasteiger charge is -2.34. The van der Waals surface area contributed by atoms with Gasteiger partial charge in [-0.2, -0.15) is 0 Å². The number of aryl methyl sites for hydroxylation is 2. The van der Waals surface area contributed by atoms with Crippen LogP contribution in [0.5, 0.6) is 0 Å². The van der Waals surface area contributed by atoms with Crippen molar-refractivity contribution in [3.05, 3.63) is 131 Å². The van der Waals surface area contributed by atoms with Crippen LogP contribution in [-0.2, 0) is 39.0 Å². The Balaban J connectivity index is 1.82. The quantitative estimate of drug-likeness (QED) is 0.250. The molecule has 0 radical (unpaired) electrons. The lowest BCUT2D eigenvalue weighted by molar-refractivity contribution is -0.139. The van der Waals surface area contributed by atoms with E-state index in [1.807, 2.05) is 80.6 Å². The molecule has 0 saturated carbocycles. The van der Waals surface area contributed by atoms with Crippen molar-refractivity contribution in [1.29, 1.82) is 0 Å². The highest BCUT2D eigenvalue weighted by Crippen LogP contribution is 2.28. The fourth-order valence-electron chi connectivity index (χ4n) is 4.98. The number of sulfonamides is 1. The van der Waals surface area contributed by atoms with E-state index in [1.54, 1.807) is 37.4 Å². The Labute approximate surface area is 248 Å². The summed E-state index contributed by atoms with van der Waals surface area (Å²) in [5, 5.41) is 2.72. The van der Waals surface area contributed by atoms with E-state index in [-0.39, 0.29) is 23.8 Å². The lowest BCUT2D eigenvalue weighted by Crippen LogP contribution is -2.53. The minimum atomic E-state index is -4.12. The normalized spacial score (nSPS) is 11.9. The predicted octanol–water partition coefficient (Wildman–Crippen LogP) is 5.14. The van der Waals surface area contributed by atoms with E-state index in [4.69, 9.17) is 0 Å². The molecule has 1 unspecified atom stereocenters. The molecule has 4 rings (SSSR count). The first-order valence-corrected chi connectivity index (χ1v) is 15.5. The summed E-state index contributed by atoms with van der Waals surface area (Å²) in [4.78, 5) is 29.4. The van der Waals surface area contributed by atoms with Gasteiger partial charge in [0.15, 0.2) is 0 Å². The Kier molecular flexibility index (Phi) is 10.1. The van der Waals surface area contributed by atoms with Crippen molar-refractivity contribution in [3.8, 4) is 0 Å². The van der Waals surface area contributed by atoms with Gasteiger partial charge in [0.05, 0.1) is 10.6 Å². The molecule has 42 heavy (non-hydrogen) atoms. The number of rotatable bonds is 12. The number of para-hydroxylation sites is 1. The zero-order chi connectivity index (χ0) is 30.1. The monoisotopic (exact) mass is 583 g/mol. The molecule has 0 aliphatic carbocycles. The number of amides is 2. The van der Waals surface area contributed by atoms with Gasteiger partial charge in [-0.1, -0.05) is 97.9 Å². The van der Waals surface area contributed by atoms with E-state index in [1.165, 1.54) is 21.3 Å². The minimum absolute atomic E-state index is 0.0845. The molecular formula is C34H37N3O4S. The third-order valence-corrected chi connectivity index (χ3v) is 9.14. The lowest BCUT2D eigenvalue weighted by atomic mass is 10.0. The van der Waals surface area contributed by atoms with E-state index in [0.717, 1.165) is 22.3 Å². The third-order valence-electron chi connectivity index (χ3n) is 7.37. The van der Waals surface area contributed by atoms with E-state index >= 15 is 0 Å². The van der Waals surface area contributed by atoms with Gasteiger partial charge >= 0.3 is 0 Å². The second kappa shape index (κ2) is 14.0. The number of hydrogen-bond donors (Lipinski definition) is 1. The van der Waals surface area contributed by atoms with Gasteiger partial charge in [-0.3, -0.25) is 13.9 Å². The number of hydrogen-bond acceptors (Lipinski definition) is 4. The molecule has 1 atom stereocenters. The molecule has 1 N–H and O–H groups in total. The van der Waals surface area contributed by atoms with Crippen LogP contribution in [0.1, 0.15) is 29.2 Å². The Morgan fingerprint density at radius 3 is 1.98 bits per heavy atom. The van der Waals surface area contributed by atoms with Crippen molar-refractivity contribution < 1.29 is 18.0 Å². The van der Waals surface area contributed by atoms with Gasteiger partial charge in [0.2, 0.25) is 11.8 Å². The number of benzene rings is 4. The van der Waals surface area contributed by atoms with Crippen molar-refractivity contribution in [2.24, 2.45) is 0 Å². The van der Waals surface area contributed by atoms with Crippen LogP contribution in [0.15, 0.2) is 114 Å². The van der Waals surface area contributed by atoms with E-state index < -0.39 is 28.5 Å². The summed E-state index contributed by atoms with van der Waals surface area (Å²) in [6.07, 6.45) is 0.849. The van der Waals surface area contributed by atoms with Gasteiger partial charge in [0.1, 0.15) is 12.6 Å². The molecule has 4 aromatic rings. The average Bonchev–Trinajstić information content (AvgIpc) is 3.02. The summed E-state index contributed by atoms with van der Waals surface area (Å²) in [5.74, 6) is -0.805. The molecule has 7 nitrogen and oxygen atoms in total. The van der Waals surface area contributed by atoms with Crippen LogP contribution in [0.3, 0.4) is 0 Å². The number of nitrogens with one attached hydrogen (secondary N) is 1. The van der Waals surface area contributed by atoms with Gasteiger partial charge in [-0.15, -0.1) is 0 Å². The van der Waals surface area contributed by atoms with Crippen molar-refractivity contribution >= 4 is 27.5 Å². The van der Waals surface area contributed by atoms with E-state index in [9.17, 15) is 18.0 Å². The molecule has 0 heterocycles. The van der Waals surface area contributed by atoms with Gasteiger partial charge in [0, 0.05) is 20.0 Å². The maximum Gasteiger partial charge on any atom is 0.264 e. The highest BCUT2D eigenvalue weighted by Gasteiger charge is 2.35. The van der Waals surface area contributed by atoms with Crippen LogP contribution in [0, 0.1) is 6.92 Å². The van der Waals surface area contributed by atoms with Crippen molar-refractivity contribution in [3.63, 3.8) is 0 Å². The van der Waals surface area contributed by atoms with Crippen LogP contribution >= 0.6 is 0 Å². The van der Waals surface area contributed by atoms with Crippen molar-refractivity contribution in [2.45, 2.75) is 44.2 Å². The minimum Gasteiger partial charge on any atom is -0.357 e. The fourth-order valence-corrected chi connectivity index (χ4v) is 6.45. The van der Waals surface area contributed by atoms with Crippen LogP contribution in [0.2, 0.25) is 0 Å². The number of anilines is 1. The molecule has 0 bridgehead atoms. The van der Waals surface area contributed by atoms with Crippen LogP contribution < -0.4 is 9.62 Å². The molecule has 2 amide bonds. The Bertz CT molecular complexity index is 1610. The van der Waals surface area contributed by atoms with E-state index in [2.05, 4.69) is 5.32 Å². The zero-order valence-corrected chi connectivity index (χ0v) is 25.1. The average molecular weight is 584 g/mol. The zero-order valence-electron chi connectivity index (χ0n) is 24.2. The predicted molar refractivity (Wildman–Crippen MR) is 167 cm³/mol. The van der Waals surface area contributed by atoms with Gasteiger partial charge < -0.3 is 10.2 Å². The molecule has 0 aliphatic heterocycles. The highest BCUT2D eigenvalue weighted by molar-refractivity contribution is 7.92. The second-order valence-electron chi connectivity index (χ2n) is 10.1. The standard InChI is InChI=1S/C34H37N3O4S/c1-4-28-18-13-14-22-31(28)37(42(40,41)30-20-9-6-10-21-30)25-33(38)36(24-29-19-12-11-15-26(29)2)32(34(39)35-3)23-27-16-7-5-8-17-27/h5-22,32H,4,23-25H2,1-3H3,(H,35,39). The molecule has 0 spiro atoms. The topological polar surface area (TPSA) is 86.8 Å². The van der Waals surface area contributed by atoms with Gasteiger partial charge in [-0.25, -0.2) is 8.42 Å². The number of carbonyl (C=O) groups is 2. The summed E-state index contributed by atoms with van der Waals surface area (Å²) >= 11 is 0. The Morgan fingerprint density at radius 1 is 0.786 bits per heavy atom. The van der Waals surface area contributed by atoms with Crippen molar-refractivity contribution in [2.75, 3.05) is 17.9 Å². The van der Waals surface area contributed by atoms with Crippen LogP contribution in [-0.4, -0.2) is 44.8 Å². The van der Waals surface area contributed by atoms with Gasteiger partial charge in [0.25, 0.3) is 10.0 Å². The largest absolute Gasteiger partial charge is 0.357 e. The molecule has 0 aromatic heterocycles. The molecule has 0 saturated heterocycles. The first kappa shape index (κ1) is 30.5. The summed E-state index contributed by atoms with van der Waals surface area (Å²) in [6, 6.07) is 31.6. The number of nitrogens with zero attached hydrogens (tertiary/aromatic N) is 2. The van der Waals surface area contributed by atoms with Crippen LogP contribution in [0.25, 0.3) is 0 Å². The number of carbonyl (C=O) groups excluding carboxylic acids is 2. The molecule has 4 aromatic carbocycles. The number of likely N-dealkylation sites (N-methyl/N-ethyl adjacent to an activating group) is 1. The highest BCUT2D eigenvalue weighted by atomic mass is 32.2. The van der Waals surface area contributed by atoms with Crippen molar-refractivity contribution in [1.82, 2.24) is 10.2 Å². The SMILES string of the molecule is CCc1ccccc1N(CC(=O)N(Cc1ccccc1C)C(Cc1ccccc1)C(=O)NC)S(=O)(=O)c1ccccc1. The van der Waals surface area contributed by atoms with E-state index in [0.29, 0.717) is 12.1 Å². The fraction of sp³-hybridized carbons (Fsp3) is 0.235. The molecule has 218 valence electrons. The summed E-state index contributed by atoms with van der Waals surface area (Å²) in [7, 11) is -2.58. The first-order chi connectivity index (χ1) is 20.3. The Morgan fingerprint density at radius 2 is 1.36 bits per heavy atom. The molecule has 0 aliphatic rings. The summed E-state index contributed by atoms with van der Waals surface area (Å²) < 4.78 is 29.4. The smallest absolute Gasteiger partial charge is 0.264 e. The maximum atomic E-state index is 14.4. The first-order valence-electron chi connectivity index (χ1n) is 14.0. The summed E-state index contributed by atoms with van der Waals surface area (Å²) in [5.41, 5.74) is 3.96. The second-order valence-corrected chi connectivity index (χ2v) is 11.9. The third kappa shape index (κ3) is 7.06. The summed E-state index contributed by atoms with van der Waals surface area (Å²) in [6.45, 7) is 3.57. The molecule has 8 heteroatoms.